The number of methoxy groups -OCH3 is 1. The number of ether oxygens (including phenoxy) is 1. The summed E-state index contributed by atoms with van der Waals surface area (Å²) in [4.78, 5) is 16.8. The second kappa shape index (κ2) is 5.35. The Morgan fingerprint density at radius 1 is 1.57 bits per heavy atom. The molecule has 0 bridgehead atoms. The lowest BCUT2D eigenvalue weighted by atomic mass is 9.90. The molecule has 0 unspecified atom stereocenters. The van der Waals surface area contributed by atoms with Crippen molar-refractivity contribution in [2.24, 2.45) is 4.99 Å². The molecule has 1 radical (unpaired) electrons. The molecule has 3 nitrogen and oxygen atoms in total. The van der Waals surface area contributed by atoms with E-state index in [9.17, 15) is 9.18 Å². The van der Waals surface area contributed by atoms with Crippen molar-refractivity contribution in [2.45, 2.75) is 13.3 Å². The number of hydrogen-bond donors (Lipinski definition) is 0. The van der Waals surface area contributed by atoms with Crippen LogP contribution in [0.4, 0.5) is 4.39 Å². The Morgan fingerprint density at radius 2 is 2.33 bits per heavy atom. The molecule has 0 saturated heterocycles. The summed E-state index contributed by atoms with van der Waals surface area (Å²) in [5, 5.41) is 1.73. The number of aliphatic imine (C=N–C) groups is 1. The molecule has 1 aliphatic heterocycles. The van der Waals surface area contributed by atoms with E-state index < -0.39 is 5.83 Å². The van der Waals surface area contributed by atoms with Crippen LogP contribution in [0.2, 0.25) is 0 Å². The van der Waals surface area contributed by atoms with E-state index in [0.717, 1.165) is 3.79 Å². The number of carbonyl (C=O) groups excluding carboxylic acids is 1. The first-order chi connectivity index (χ1) is 10.0. The average molecular weight is 367 g/mol. The average Bonchev–Trinajstić information content (AvgIpc) is 3.03. The van der Waals surface area contributed by atoms with Crippen molar-refractivity contribution >= 4 is 38.8 Å². The van der Waals surface area contributed by atoms with Gasteiger partial charge in [0, 0.05) is 34.7 Å². The minimum Gasteiger partial charge on any atom is -0.493 e. The molecule has 0 N–H and O–H groups in total. The van der Waals surface area contributed by atoms with Gasteiger partial charge in [0.05, 0.1) is 22.2 Å². The number of thiophene rings is 1. The van der Waals surface area contributed by atoms with E-state index in [0.29, 0.717) is 28.1 Å². The quantitative estimate of drug-likeness (QED) is 0.744. The third kappa shape index (κ3) is 2.42. The molecular formula is C15H10BrFNO2S. The van der Waals surface area contributed by atoms with Crippen molar-refractivity contribution in [3.63, 3.8) is 0 Å². The first-order valence-corrected chi connectivity index (χ1v) is 7.83. The molecule has 107 valence electrons. The van der Waals surface area contributed by atoms with Gasteiger partial charge in [-0.3, -0.25) is 9.79 Å². The van der Waals surface area contributed by atoms with Crippen molar-refractivity contribution in [1.29, 1.82) is 0 Å². The van der Waals surface area contributed by atoms with Crippen molar-refractivity contribution in [3.8, 4) is 0 Å². The van der Waals surface area contributed by atoms with E-state index in [2.05, 4.69) is 27.0 Å². The zero-order chi connectivity index (χ0) is 15.1. The lowest BCUT2D eigenvalue weighted by Gasteiger charge is -2.18. The van der Waals surface area contributed by atoms with E-state index in [-0.39, 0.29) is 18.0 Å². The molecule has 1 aromatic heterocycles. The highest BCUT2D eigenvalue weighted by molar-refractivity contribution is 9.11. The number of allylic oxidation sites excluding steroid dienone is 5. The molecule has 0 atom stereocenters. The number of ketones is 1. The second-order valence-electron chi connectivity index (χ2n) is 4.62. The summed E-state index contributed by atoms with van der Waals surface area (Å²) >= 11 is 4.73. The van der Waals surface area contributed by atoms with Gasteiger partial charge in [-0.1, -0.05) is 0 Å². The Bertz CT molecular complexity index is 770. The van der Waals surface area contributed by atoms with E-state index in [4.69, 9.17) is 4.74 Å². The lowest BCUT2D eigenvalue weighted by molar-refractivity contribution is 0.102. The predicted octanol–water partition coefficient (Wildman–Crippen LogP) is 4.38. The van der Waals surface area contributed by atoms with Crippen LogP contribution in [0.25, 0.3) is 0 Å². The highest BCUT2D eigenvalue weighted by atomic mass is 79.9. The normalized spacial score (nSPS) is 17.7. The van der Waals surface area contributed by atoms with Crippen LogP contribution in [-0.4, -0.2) is 18.6 Å². The van der Waals surface area contributed by atoms with Crippen LogP contribution >= 0.6 is 27.3 Å². The SMILES string of the molecule is COC1=C(C(=O)c2csc(Br)c2)CC2=NC(C)=[C]C2=C1F. The van der Waals surface area contributed by atoms with Crippen molar-refractivity contribution in [2.75, 3.05) is 7.11 Å². The summed E-state index contributed by atoms with van der Waals surface area (Å²) in [6, 6.07) is 1.72. The molecule has 21 heavy (non-hydrogen) atoms. The lowest BCUT2D eigenvalue weighted by Crippen LogP contribution is -2.18. The van der Waals surface area contributed by atoms with Gasteiger partial charge in [0.15, 0.2) is 17.4 Å². The number of carbonyl (C=O) groups is 1. The number of hydrogen-bond acceptors (Lipinski definition) is 4. The molecule has 2 heterocycles. The van der Waals surface area contributed by atoms with Crippen molar-refractivity contribution < 1.29 is 13.9 Å². The fourth-order valence-electron chi connectivity index (χ4n) is 2.34. The number of rotatable bonds is 3. The third-order valence-corrected chi connectivity index (χ3v) is 4.75. The summed E-state index contributed by atoms with van der Waals surface area (Å²) in [6.07, 6.45) is 3.11. The minimum absolute atomic E-state index is 0.0153. The maximum atomic E-state index is 14.5. The van der Waals surface area contributed by atoms with Crippen LogP contribution in [0.1, 0.15) is 23.7 Å². The Balaban J connectivity index is 2.08. The van der Waals surface area contributed by atoms with Gasteiger partial charge in [-0.05, 0) is 28.9 Å². The van der Waals surface area contributed by atoms with Crippen LogP contribution < -0.4 is 0 Å². The number of halogens is 2. The largest absolute Gasteiger partial charge is 0.493 e. The van der Waals surface area contributed by atoms with Crippen LogP contribution in [0.15, 0.2) is 48.7 Å². The van der Waals surface area contributed by atoms with E-state index in [1.165, 1.54) is 18.4 Å². The maximum absolute atomic E-state index is 14.5. The van der Waals surface area contributed by atoms with Crippen LogP contribution in [0, 0.1) is 6.08 Å². The molecule has 0 saturated carbocycles. The molecule has 6 heteroatoms. The van der Waals surface area contributed by atoms with Crippen LogP contribution in [0.3, 0.4) is 0 Å². The Morgan fingerprint density at radius 3 is 2.95 bits per heavy atom. The summed E-state index contributed by atoms with van der Waals surface area (Å²) < 4.78 is 20.5. The molecule has 0 aromatic carbocycles. The standard InChI is InChI=1S/C15H10BrFNO2S/c1-7-3-9-11(18-7)5-10(15(20-2)13(9)17)14(19)8-4-12(16)21-6-8/h4,6H,5H2,1-2H3. The molecule has 1 aromatic rings. The van der Waals surface area contributed by atoms with Gasteiger partial charge >= 0.3 is 0 Å². The van der Waals surface area contributed by atoms with Crippen LogP contribution in [-0.2, 0) is 4.74 Å². The zero-order valence-electron chi connectivity index (χ0n) is 11.3. The molecule has 0 fully saturated rings. The topological polar surface area (TPSA) is 38.7 Å². The van der Waals surface area contributed by atoms with E-state index in [1.807, 2.05) is 0 Å². The van der Waals surface area contributed by atoms with Gasteiger partial charge in [-0.25, -0.2) is 4.39 Å². The fraction of sp³-hybridized carbons (Fsp3) is 0.200. The van der Waals surface area contributed by atoms with Crippen LogP contribution in [0.5, 0.6) is 0 Å². The number of nitrogens with zero attached hydrogens (tertiary/aromatic N) is 1. The molecular weight excluding hydrogens is 357 g/mol. The zero-order valence-corrected chi connectivity index (χ0v) is 13.7. The highest BCUT2D eigenvalue weighted by Gasteiger charge is 2.33. The first-order valence-electron chi connectivity index (χ1n) is 6.15. The first kappa shape index (κ1) is 14.4. The second-order valence-corrected chi connectivity index (χ2v) is 6.91. The van der Waals surface area contributed by atoms with Crippen molar-refractivity contribution in [1.82, 2.24) is 0 Å². The third-order valence-electron chi connectivity index (χ3n) is 3.24. The Kier molecular flexibility index (Phi) is 3.67. The summed E-state index contributed by atoms with van der Waals surface area (Å²) in [6.45, 7) is 1.75. The summed E-state index contributed by atoms with van der Waals surface area (Å²) in [5.74, 6) is -0.828. The molecule has 2 aliphatic rings. The smallest absolute Gasteiger partial charge is 0.194 e. The fourth-order valence-corrected chi connectivity index (χ4v) is 3.48. The van der Waals surface area contributed by atoms with Gasteiger partial charge in [0.2, 0.25) is 0 Å². The monoisotopic (exact) mass is 366 g/mol. The Labute approximate surface area is 133 Å². The summed E-state index contributed by atoms with van der Waals surface area (Å²) in [5.41, 5.74) is 2.24. The highest BCUT2D eigenvalue weighted by Crippen LogP contribution is 2.36. The molecule has 0 spiro atoms. The minimum atomic E-state index is -0.572. The van der Waals surface area contributed by atoms with Gasteiger partial charge in [0.1, 0.15) is 0 Å². The number of fused-ring (bicyclic) bond motifs is 1. The number of Topliss-reactive ketones (excluding diaryl/α,β-unsaturated/α-hetero) is 1. The van der Waals surface area contributed by atoms with E-state index >= 15 is 0 Å². The summed E-state index contributed by atoms with van der Waals surface area (Å²) in [7, 11) is 1.36. The molecule has 3 rings (SSSR count). The van der Waals surface area contributed by atoms with Gasteiger partial charge < -0.3 is 4.74 Å². The van der Waals surface area contributed by atoms with Gasteiger partial charge in [-0.2, -0.15) is 0 Å². The van der Waals surface area contributed by atoms with Crippen molar-refractivity contribution in [3.05, 3.63) is 55.3 Å². The maximum Gasteiger partial charge on any atom is 0.194 e. The molecule has 1 aliphatic carbocycles. The molecule has 0 amide bonds. The van der Waals surface area contributed by atoms with Gasteiger partial charge in [-0.15, -0.1) is 11.3 Å². The predicted molar refractivity (Wildman–Crippen MR) is 83.0 cm³/mol. The Hall–Kier alpha value is -1.53. The van der Waals surface area contributed by atoms with E-state index in [1.54, 1.807) is 18.4 Å². The van der Waals surface area contributed by atoms with Gasteiger partial charge in [0.25, 0.3) is 0 Å².